The van der Waals surface area contributed by atoms with Gasteiger partial charge in [0.15, 0.2) is 11.5 Å². The van der Waals surface area contributed by atoms with Gasteiger partial charge in [0.05, 0.1) is 31.7 Å². The third-order valence-electron chi connectivity index (χ3n) is 9.57. The van der Waals surface area contributed by atoms with Crippen molar-refractivity contribution in [1.29, 1.82) is 0 Å². The number of carbonyl (C=O) groups is 3. The number of aliphatic carboxylic acids is 1. The van der Waals surface area contributed by atoms with E-state index in [-0.39, 0.29) is 46.5 Å². The number of amides is 2. The molecule has 0 spiro atoms. The number of rotatable bonds is 18. The number of carboxylic acid groups (broad SMARTS) is 1. The van der Waals surface area contributed by atoms with Crippen LogP contribution >= 0.6 is 39.0 Å². The van der Waals surface area contributed by atoms with Crippen LogP contribution < -0.4 is 33.1 Å². The van der Waals surface area contributed by atoms with Crippen molar-refractivity contribution in [3.8, 4) is 0 Å². The Morgan fingerprint density at radius 2 is 1.62 bits per heavy atom. The number of hydrogen-bond donors (Lipinski definition) is 11. The topological polar surface area (TPSA) is 408 Å². The van der Waals surface area contributed by atoms with Crippen LogP contribution in [-0.4, -0.2) is 130 Å². The summed E-state index contributed by atoms with van der Waals surface area (Å²) in [5.74, 6) is -0.323. The number of thiol groups is 1. The van der Waals surface area contributed by atoms with E-state index >= 15 is 0 Å². The molecule has 0 radical (unpaired) electrons. The van der Waals surface area contributed by atoms with E-state index in [0.717, 1.165) is 29.6 Å². The van der Waals surface area contributed by atoms with Crippen LogP contribution in [0.4, 0.5) is 26.9 Å². The molecule has 402 valence electrons. The van der Waals surface area contributed by atoms with E-state index in [1.165, 1.54) is 34.0 Å². The predicted molar refractivity (Wildman–Crippen MR) is 267 cm³/mol. The molecule has 2 fully saturated rings. The number of phosphoric acid groups is 1. The van der Waals surface area contributed by atoms with Gasteiger partial charge in [0, 0.05) is 31.0 Å². The molecule has 0 aliphatic carbocycles. The smallest absolute Gasteiger partial charge is 0.469 e. The lowest BCUT2D eigenvalue weighted by Crippen LogP contribution is -2.43. The summed E-state index contributed by atoms with van der Waals surface area (Å²) in [6, 6.07) is 7.51. The van der Waals surface area contributed by atoms with Gasteiger partial charge >= 0.3 is 40.4 Å². The molecule has 5 atom stereocenters. The minimum absolute atomic E-state index is 0.0514. The van der Waals surface area contributed by atoms with Crippen molar-refractivity contribution in [2.24, 2.45) is 0 Å². The zero-order valence-electron chi connectivity index (χ0n) is 40.0. The number of unbranched alkanes of at least 4 members (excludes halogenated alkanes) is 1. The van der Waals surface area contributed by atoms with Crippen molar-refractivity contribution in [2.45, 2.75) is 109 Å². The monoisotopic (exact) mass is 1100 g/mol. The lowest BCUT2D eigenvalue weighted by atomic mass is 10.1. The van der Waals surface area contributed by atoms with Crippen LogP contribution in [0.5, 0.6) is 0 Å². The number of alkyl carbamates (subject to hydrolysis) is 2. The van der Waals surface area contributed by atoms with Crippen LogP contribution in [0.25, 0.3) is 11.2 Å². The number of nitrogen functional groups attached to an aromatic ring is 2. The number of nitrogens with one attached hydrogen (secondary N) is 3. The molecule has 2 aliphatic rings. The summed E-state index contributed by atoms with van der Waals surface area (Å²) in [7, 11) is -1.58. The quantitative estimate of drug-likeness (QED) is 0.0115. The van der Waals surface area contributed by atoms with Gasteiger partial charge in [0.2, 0.25) is 0 Å². The highest BCUT2D eigenvalue weighted by Crippen LogP contribution is 2.38. The van der Waals surface area contributed by atoms with Gasteiger partial charge in [-0.3, -0.25) is 28.7 Å². The van der Waals surface area contributed by atoms with Gasteiger partial charge in [-0.2, -0.15) is 4.98 Å². The molecular weight excluding hydrogens is 1030 g/mol. The molecule has 3 aromatic heterocycles. The molecule has 0 bridgehead atoms. The Labute approximate surface area is 424 Å². The second-order valence-electron chi connectivity index (χ2n) is 16.0. The summed E-state index contributed by atoms with van der Waals surface area (Å²) in [5.41, 5.74) is 12.6. The highest BCUT2D eigenvalue weighted by atomic mass is 33.1. The summed E-state index contributed by atoms with van der Waals surface area (Å²) in [5, 5.41) is 29.1. The van der Waals surface area contributed by atoms with Gasteiger partial charge in [-0.05, 0) is 84.1 Å². The molecule has 0 saturated carbocycles. The fourth-order valence-corrected chi connectivity index (χ4v) is 7.03. The highest BCUT2D eigenvalue weighted by Gasteiger charge is 2.31. The number of benzene rings is 1. The number of fused-ring (bicyclic) bond motifs is 1. The molecule has 2 amide bonds. The van der Waals surface area contributed by atoms with Gasteiger partial charge < -0.3 is 61.3 Å². The Bertz CT molecular complexity index is 2400. The Kier molecular flexibility index (Phi) is 28.6. The van der Waals surface area contributed by atoms with E-state index in [0.29, 0.717) is 50.3 Å². The maximum atomic E-state index is 11.7. The normalized spacial score (nSPS) is 17.5. The summed E-state index contributed by atoms with van der Waals surface area (Å²) >= 11 is 3.71. The van der Waals surface area contributed by atoms with Gasteiger partial charge in [-0.25, -0.2) is 43.3 Å². The number of nitrogens with two attached hydrogens (primary N) is 2. The molecule has 28 nitrogen and oxygen atoms in total. The number of aromatic nitrogens is 6. The first-order valence-corrected chi connectivity index (χ1v) is 26.2. The molecule has 6 rings (SSSR count). The number of carboxylic acids is 1. The first-order valence-electron chi connectivity index (χ1n) is 21.7. The van der Waals surface area contributed by atoms with Crippen molar-refractivity contribution >= 4 is 85.6 Å². The Hall–Kier alpha value is -5.23. The lowest BCUT2D eigenvalue weighted by Gasteiger charge is -2.22. The van der Waals surface area contributed by atoms with E-state index in [9.17, 15) is 33.4 Å². The zero-order chi connectivity index (χ0) is 53.9. The Morgan fingerprint density at radius 1 is 0.986 bits per heavy atom. The van der Waals surface area contributed by atoms with Crippen molar-refractivity contribution in [3.63, 3.8) is 0 Å². The molecule has 12 N–H and O–H groups in total. The summed E-state index contributed by atoms with van der Waals surface area (Å²) in [4.78, 5) is 79.7. The van der Waals surface area contributed by atoms with Crippen molar-refractivity contribution in [3.05, 3.63) is 65.2 Å². The highest BCUT2D eigenvalue weighted by molar-refractivity contribution is 8.68. The largest absolute Gasteiger partial charge is 0.480 e. The van der Waals surface area contributed by atoms with Gasteiger partial charge in [0.1, 0.15) is 48.4 Å². The molecule has 1 aromatic carbocycles. The van der Waals surface area contributed by atoms with Crippen LogP contribution in [0.15, 0.2) is 54.0 Å². The minimum atomic E-state index is -4.50. The fraction of sp³-hybridized carbons (Fsp3) is 0.550. The van der Waals surface area contributed by atoms with Crippen LogP contribution in [-0.2, 0) is 48.5 Å². The second-order valence-corrected chi connectivity index (χ2v) is 19.1. The number of hydrogen-bond acceptors (Lipinski definition) is 23. The predicted octanol–water partition coefficient (Wildman–Crippen LogP) is 5.24. The van der Waals surface area contributed by atoms with Gasteiger partial charge in [-0.1, -0.05) is 18.2 Å². The third kappa shape index (κ3) is 23.5. The van der Waals surface area contributed by atoms with Crippen LogP contribution in [0.2, 0.25) is 0 Å². The zero-order valence-corrected chi connectivity index (χ0v) is 43.5. The second kappa shape index (κ2) is 32.8. The summed E-state index contributed by atoms with van der Waals surface area (Å²) in [6.07, 6.45) is 8.04. The van der Waals surface area contributed by atoms with Crippen molar-refractivity contribution in [1.82, 2.24) is 39.7 Å². The number of nitrogens with zero attached hydrogens (tertiary/aromatic N) is 6. The molecular formula is C40H63N11O17P2S2. The molecule has 2 saturated heterocycles. The average molecular weight is 1100 g/mol. The fourth-order valence-electron chi connectivity index (χ4n) is 6.44. The minimum Gasteiger partial charge on any atom is -0.480 e. The average Bonchev–Trinajstić information content (AvgIpc) is 4.11. The van der Waals surface area contributed by atoms with Crippen molar-refractivity contribution < 1.29 is 76.9 Å². The molecule has 2 aliphatic heterocycles. The Balaban J connectivity index is 0.000000360. The third-order valence-corrected chi connectivity index (χ3v) is 10.3. The molecule has 72 heavy (non-hydrogen) atoms. The van der Waals surface area contributed by atoms with E-state index in [2.05, 4.69) is 52.1 Å². The Morgan fingerprint density at radius 3 is 2.21 bits per heavy atom. The molecule has 32 heteroatoms. The van der Waals surface area contributed by atoms with Crippen LogP contribution in [0.3, 0.4) is 0 Å². The maximum absolute atomic E-state index is 11.7. The van der Waals surface area contributed by atoms with Crippen molar-refractivity contribution in [2.75, 3.05) is 49.8 Å². The lowest BCUT2D eigenvalue weighted by molar-refractivity contribution is -0.176. The van der Waals surface area contributed by atoms with Crippen LogP contribution in [0, 0.1) is 0 Å². The van der Waals surface area contributed by atoms with Gasteiger partial charge in [0.25, 0.3) is 0 Å². The SMILES string of the molecule is CC(C)(C)OC(=O)NC(CCCCNC(=O)OCc1ccccc1N)C(=O)O.CNc1ncnc2c1ncn2C1CCC(COP=O)O1.CSS.Nc1ccn(C2CCC(COP(=O)(O)O)O2)c(=O)n1.OO. The summed E-state index contributed by atoms with van der Waals surface area (Å²) in [6.45, 7) is 5.57. The standard InChI is InChI=1S/C19H29N3O6.C11H14N5O3P.C9H14N3O6P.CH4S2.H2O2/c1-19(2,3)28-18(26)22-15(16(23)24)10-6-7-11-21-17(25)27-12-13-8-4-5-9-14(13)20;1-12-10-9-11(14-5-13-10)16(6-15-9)8-3-2-7(19-8)4-18-20-17;10-7-3-4-12(9(13)11-7)8-2-1-6(18-8)5-17-19(14,15)16;1-3-2;1-2/h4-5,8-9,15H,6-7,10-12,20H2,1-3H3,(H,21,25)(H,22,26)(H,23,24);5-8H,2-4H2,1H3,(H,12,13,14);3-4,6,8H,1-2,5H2,(H2,10,11,13)(H2,14,15,16);2H,1H3;1-2H. The number of imidazole rings is 1. The number of phosphoric ester groups is 1. The van der Waals surface area contributed by atoms with E-state index in [1.807, 2.05) is 10.8 Å². The van der Waals surface area contributed by atoms with E-state index in [4.69, 9.17) is 55.2 Å². The van der Waals surface area contributed by atoms with Gasteiger partial charge in [-0.15, -0.1) is 22.5 Å². The number of anilines is 3. The van der Waals surface area contributed by atoms with E-state index in [1.54, 1.807) is 58.4 Å². The number of carbonyl (C=O) groups excluding carboxylic acids is 2. The van der Waals surface area contributed by atoms with Crippen LogP contribution in [0.1, 0.15) is 83.7 Å². The first-order chi connectivity index (χ1) is 34.2. The first kappa shape index (κ1) is 62.9. The molecule has 5 heterocycles. The van der Waals surface area contributed by atoms with E-state index < -0.39 is 55.6 Å². The number of ether oxygens (including phenoxy) is 4. The molecule has 5 unspecified atom stereocenters. The number of para-hydroxylation sites is 1. The maximum Gasteiger partial charge on any atom is 0.469 e. The summed E-state index contributed by atoms with van der Waals surface area (Å²) < 4.78 is 54.7. The molecule has 4 aromatic rings.